The first-order chi connectivity index (χ1) is 53.3. The Hall–Kier alpha value is -7.61. The first kappa shape index (κ1) is 81.4. The van der Waals surface area contributed by atoms with E-state index >= 15 is 0 Å². The highest BCUT2D eigenvalue weighted by molar-refractivity contribution is 5.69. The second-order valence-corrected chi connectivity index (χ2v) is 32.0. The molecule has 26 atom stereocenters. The maximum Gasteiger partial charge on any atom is 0.303 e. The zero-order chi connectivity index (χ0) is 78.5. The highest BCUT2D eigenvalue weighted by atomic mass is 16.8. The van der Waals surface area contributed by atoms with E-state index in [-0.39, 0.29) is 56.0 Å². The second-order valence-electron chi connectivity index (χ2n) is 32.0. The second kappa shape index (κ2) is 35.4. The van der Waals surface area contributed by atoms with Crippen molar-refractivity contribution in [1.29, 1.82) is 0 Å². The van der Waals surface area contributed by atoms with Crippen molar-refractivity contribution < 1.29 is 119 Å². The largest absolute Gasteiger partial charge is 0.463 e. The molecule has 5 saturated heterocycles. The number of hydrogen-bond acceptors (Lipinski definition) is 27. The average molecular weight is 1550 g/mol. The Morgan fingerprint density at radius 2 is 1.03 bits per heavy atom. The summed E-state index contributed by atoms with van der Waals surface area (Å²) in [6.07, 6.45) is -9.46. The van der Waals surface area contributed by atoms with Crippen LogP contribution < -0.4 is 0 Å². The highest BCUT2D eigenvalue weighted by Crippen LogP contribution is 2.71. The summed E-state index contributed by atoms with van der Waals surface area (Å²) in [5.74, 6) is -3.51. The van der Waals surface area contributed by atoms with E-state index in [1.54, 1.807) is 0 Å². The van der Waals surface area contributed by atoms with Crippen LogP contribution in [0, 0.1) is 46.3 Å². The fraction of sp³-hybridized carbons (Fsp3) is 0.651. The van der Waals surface area contributed by atoms with Gasteiger partial charge in [0.15, 0.2) is 55.2 Å². The van der Waals surface area contributed by atoms with E-state index in [9.17, 15) is 33.6 Å². The Morgan fingerprint density at radius 1 is 0.514 bits per heavy atom. The highest BCUT2D eigenvalue weighted by Gasteiger charge is 2.69. The number of rotatable bonds is 27. The monoisotopic (exact) mass is 1550 g/mol. The van der Waals surface area contributed by atoms with Gasteiger partial charge in [0.25, 0.3) is 0 Å². The molecule has 5 aliphatic heterocycles. The van der Waals surface area contributed by atoms with E-state index in [1.165, 1.54) is 18.4 Å². The third-order valence-corrected chi connectivity index (χ3v) is 24.4. The van der Waals surface area contributed by atoms with Gasteiger partial charge < -0.3 is 85.3 Å². The van der Waals surface area contributed by atoms with Crippen molar-refractivity contribution in [2.24, 2.45) is 46.3 Å². The number of benzene rings is 3. The molecule has 604 valence electrons. The molecule has 6 heterocycles. The Bertz CT molecular complexity index is 3890. The molecule has 18 unspecified atom stereocenters. The van der Waals surface area contributed by atoms with Crippen LogP contribution in [0.3, 0.4) is 0 Å². The van der Waals surface area contributed by atoms with Crippen LogP contribution in [0.1, 0.15) is 162 Å². The molecule has 28 nitrogen and oxygen atoms in total. The van der Waals surface area contributed by atoms with Crippen LogP contribution >= 0.6 is 0 Å². The molecule has 3 saturated carbocycles. The molecule has 1 spiro atoms. The van der Waals surface area contributed by atoms with Gasteiger partial charge in [-0.15, -0.1) is 5.10 Å². The Kier molecular flexibility index (Phi) is 26.0. The number of hydrogen-bond donors (Lipinski definition) is 0. The Labute approximate surface area is 647 Å². The molecule has 111 heavy (non-hydrogen) atoms. The third kappa shape index (κ3) is 18.5. The summed E-state index contributed by atoms with van der Waals surface area (Å²) in [6.45, 7) is 16.6. The SMILES string of the molecule is CC(=O)OCC1OC(OC2C(COC(C)=O)OC(OC3C(COCc4ccccc4)OC(OCc4cn([C@H]5CC[C@@]6(C)C(=CC[C@H]7[C@@H]8CC9OC%10(CCC(C)CO%10)[C@@H](C)[C@@H]9[C@@]8(C)CC[C@@H]76)C5)nn4)C(OCc4ccccc4)C3OCc3ccccc3)C(OC(C)=O)C2OC(C)=O)C(OC(C)=O)C(OC(C)=O)C1OC(C)=O. The van der Waals surface area contributed by atoms with Crippen molar-refractivity contribution in [2.45, 2.75) is 270 Å². The number of carbonyl (C=O) groups is 7. The third-order valence-electron chi connectivity index (χ3n) is 24.4. The lowest BCUT2D eigenvalue weighted by Crippen LogP contribution is -2.68. The minimum atomic E-state index is -1.94. The number of esters is 7. The maximum atomic E-state index is 13.8. The van der Waals surface area contributed by atoms with Gasteiger partial charge in [0, 0.05) is 60.8 Å². The number of nitrogens with zero attached hydrogens (tertiary/aromatic N) is 3. The van der Waals surface area contributed by atoms with Crippen LogP contribution in [-0.2, 0) is 145 Å². The fourth-order valence-electron chi connectivity index (χ4n) is 19.4. The van der Waals surface area contributed by atoms with Gasteiger partial charge in [0.05, 0.1) is 58.0 Å². The van der Waals surface area contributed by atoms with Gasteiger partial charge in [-0.1, -0.05) is 136 Å². The van der Waals surface area contributed by atoms with E-state index in [2.05, 4.69) is 33.8 Å². The van der Waals surface area contributed by atoms with Gasteiger partial charge in [-0.25, -0.2) is 4.68 Å². The van der Waals surface area contributed by atoms with Crippen LogP contribution in [0.4, 0.5) is 0 Å². The van der Waals surface area contributed by atoms with Crippen molar-refractivity contribution in [3.05, 3.63) is 131 Å². The van der Waals surface area contributed by atoms with Gasteiger partial charge in [-0.2, -0.15) is 0 Å². The number of allylic oxidation sites excluding steroid dienone is 2. The Morgan fingerprint density at radius 3 is 1.59 bits per heavy atom. The fourth-order valence-corrected chi connectivity index (χ4v) is 19.4. The van der Waals surface area contributed by atoms with E-state index in [1.807, 2.05) is 102 Å². The summed E-state index contributed by atoms with van der Waals surface area (Å²) in [7, 11) is 0. The quantitative estimate of drug-likeness (QED) is 0.0304. The number of fused-ring (bicyclic) bond motifs is 7. The summed E-state index contributed by atoms with van der Waals surface area (Å²) >= 11 is 0. The molecule has 3 aromatic carbocycles. The van der Waals surface area contributed by atoms with Gasteiger partial charge in [0.1, 0.15) is 61.6 Å². The lowest BCUT2D eigenvalue weighted by Gasteiger charge is -2.58. The van der Waals surface area contributed by atoms with Crippen molar-refractivity contribution in [1.82, 2.24) is 15.0 Å². The molecule has 0 bridgehead atoms. The molecule has 13 rings (SSSR count). The molecule has 0 radical (unpaired) electrons. The van der Waals surface area contributed by atoms with E-state index in [4.69, 9.17) is 95.6 Å². The van der Waals surface area contributed by atoms with Crippen molar-refractivity contribution in [2.75, 3.05) is 26.4 Å². The smallest absolute Gasteiger partial charge is 0.303 e. The summed E-state index contributed by atoms with van der Waals surface area (Å²) < 4.78 is 118. The minimum absolute atomic E-state index is 0.00738. The summed E-state index contributed by atoms with van der Waals surface area (Å²) in [6, 6.07) is 28.4. The number of carbonyl (C=O) groups excluding carboxylic acids is 7. The molecule has 1 aromatic heterocycles. The van der Waals surface area contributed by atoms with Crippen LogP contribution in [0.25, 0.3) is 0 Å². The maximum absolute atomic E-state index is 13.8. The first-order valence-electron chi connectivity index (χ1n) is 39.1. The summed E-state index contributed by atoms with van der Waals surface area (Å²) in [5.41, 5.74) is 4.68. The lowest BCUT2D eigenvalue weighted by molar-refractivity contribution is -0.385. The Balaban J connectivity index is 0.805. The zero-order valence-corrected chi connectivity index (χ0v) is 65.2. The zero-order valence-electron chi connectivity index (χ0n) is 65.2. The molecule has 4 aliphatic carbocycles. The van der Waals surface area contributed by atoms with Crippen molar-refractivity contribution >= 4 is 41.8 Å². The van der Waals surface area contributed by atoms with Crippen LogP contribution in [0.2, 0.25) is 0 Å². The predicted molar refractivity (Wildman–Crippen MR) is 388 cm³/mol. The molecular weight excluding hydrogens is 1440 g/mol. The molecule has 9 aliphatic rings. The molecule has 4 aromatic rings. The predicted octanol–water partition coefficient (Wildman–Crippen LogP) is 9.82. The van der Waals surface area contributed by atoms with Gasteiger partial charge in [-0.05, 0) is 108 Å². The normalized spacial score (nSPS) is 36.9. The number of ether oxygens (including phenoxy) is 18. The molecule has 0 amide bonds. The van der Waals surface area contributed by atoms with Gasteiger partial charge in [0.2, 0.25) is 0 Å². The molecule has 8 fully saturated rings. The van der Waals surface area contributed by atoms with Crippen molar-refractivity contribution in [3.8, 4) is 0 Å². The van der Waals surface area contributed by atoms with Crippen LogP contribution in [-0.4, -0.2) is 187 Å². The lowest BCUT2D eigenvalue weighted by atomic mass is 9.46. The summed E-state index contributed by atoms with van der Waals surface area (Å²) in [4.78, 5) is 91.6. The van der Waals surface area contributed by atoms with Crippen LogP contribution in [0.5, 0.6) is 0 Å². The van der Waals surface area contributed by atoms with E-state index in [0.717, 1.165) is 117 Å². The van der Waals surface area contributed by atoms with Crippen LogP contribution in [0.15, 0.2) is 109 Å². The van der Waals surface area contributed by atoms with Crippen molar-refractivity contribution in [3.63, 3.8) is 0 Å². The molecule has 0 N–H and O–H groups in total. The standard InChI is InChI=1S/C83H107N3O25/c1-46-29-34-83(100-38-46)47(2)68-64(111-83)36-63-61-28-27-58-35-60(30-32-81(58,10)62(61)31-33-82(63,68)11)86-37-59(84-85-86)42-99-78-75(98-41-57-25-19-14-20-26-57)72(97-40-56-23-17-13-18-24-56)69(65(106-78)43-94-39-55-21-15-12-16-22-55)109-79-77(105-54(9)93)74(103-52(7)91)71(67(108-79)45-96-49(4)88)110-80-76(104-53(8)92)73(102-51(6)90)70(101-50(5)89)66(107-80)44-95-48(3)87/h12-27,37,46-47,60-80H,28-36,38-45H2,1-11H3/t46?,47-,60-,61+,62-,63-,64?,65?,66?,67?,68-,69?,70?,71?,72?,73?,74?,75?,76?,77?,78?,79?,80?,81-,82-,83?/m0/s1. The summed E-state index contributed by atoms with van der Waals surface area (Å²) in [5, 5.41) is 9.52. The minimum Gasteiger partial charge on any atom is -0.463 e. The van der Waals surface area contributed by atoms with E-state index < -0.39 is 153 Å². The molecular formula is C83H107N3O25. The topological polar surface area (TPSA) is 316 Å². The first-order valence-corrected chi connectivity index (χ1v) is 39.1. The number of aromatic nitrogens is 3. The van der Waals surface area contributed by atoms with Gasteiger partial charge in [-0.3, -0.25) is 33.6 Å². The average Bonchev–Trinajstić information content (AvgIpc) is 1.55. The van der Waals surface area contributed by atoms with E-state index in [0.29, 0.717) is 41.2 Å². The molecule has 28 heteroatoms. The van der Waals surface area contributed by atoms with Gasteiger partial charge >= 0.3 is 41.8 Å².